The number of carboxylic acid groups (broad SMARTS) is 1. The van der Waals surface area contributed by atoms with Gasteiger partial charge in [-0.2, -0.15) is 0 Å². The van der Waals surface area contributed by atoms with Crippen molar-refractivity contribution < 1.29 is 43.2 Å². The van der Waals surface area contributed by atoms with Gasteiger partial charge in [-0.15, -0.1) is 0 Å². The largest absolute Gasteiger partial charge is 0.481 e. The molecule has 0 spiro atoms. The van der Waals surface area contributed by atoms with Crippen molar-refractivity contribution in [3.63, 3.8) is 0 Å². The molecule has 1 fully saturated rings. The van der Waals surface area contributed by atoms with Crippen LogP contribution in [0.4, 0.5) is 0 Å². The minimum Gasteiger partial charge on any atom is -0.481 e. The van der Waals surface area contributed by atoms with Gasteiger partial charge in [-0.3, -0.25) is 19.2 Å². The molecule has 1 heterocycles. The SMILES string of the molecule is CC.CC(=O)O.CC(=O)OC[C@@H]1C[C@H](OC(C)=O)CC(OC(C)=O)O1. The number of hydrogen-bond acceptors (Lipinski definition) is 8. The fourth-order valence-corrected chi connectivity index (χ4v) is 1.84. The zero-order valence-electron chi connectivity index (χ0n) is 15.6. The van der Waals surface area contributed by atoms with E-state index in [4.69, 9.17) is 28.8 Å². The van der Waals surface area contributed by atoms with Gasteiger partial charge in [0.15, 0.2) is 0 Å². The molecule has 1 unspecified atom stereocenters. The van der Waals surface area contributed by atoms with Crippen molar-refractivity contribution in [2.75, 3.05) is 6.61 Å². The lowest BCUT2D eigenvalue weighted by molar-refractivity contribution is -0.226. The highest BCUT2D eigenvalue weighted by atomic mass is 16.7. The molecule has 0 radical (unpaired) electrons. The summed E-state index contributed by atoms with van der Waals surface area (Å²) in [6, 6.07) is 0. The standard InChI is InChI=1S/C12H18O7.C2H4O2.C2H6/c1-7(13)16-6-11-4-10(17-8(2)14)5-12(19-11)18-9(3)15;1-2(3)4;1-2/h10-12H,4-6H2,1-3H3;1H3,(H,3,4);1-2H3/t10-,11-,12?;;/m0../s1. The first-order valence-electron chi connectivity index (χ1n) is 7.93. The molecule has 0 aromatic rings. The van der Waals surface area contributed by atoms with Crippen molar-refractivity contribution in [2.45, 2.75) is 72.9 Å². The van der Waals surface area contributed by atoms with Crippen molar-refractivity contribution in [3.8, 4) is 0 Å². The average Bonchev–Trinajstić information content (AvgIpc) is 2.45. The summed E-state index contributed by atoms with van der Waals surface area (Å²) in [6.45, 7) is 8.97. The molecule has 25 heavy (non-hydrogen) atoms. The number of esters is 3. The van der Waals surface area contributed by atoms with Crippen molar-refractivity contribution >= 4 is 23.9 Å². The average molecular weight is 364 g/mol. The van der Waals surface area contributed by atoms with Crippen LogP contribution >= 0.6 is 0 Å². The molecule has 1 N–H and O–H groups in total. The quantitative estimate of drug-likeness (QED) is 0.585. The summed E-state index contributed by atoms with van der Waals surface area (Å²) in [5.41, 5.74) is 0. The maximum Gasteiger partial charge on any atom is 0.304 e. The molecule has 9 nitrogen and oxygen atoms in total. The molecule has 1 saturated heterocycles. The van der Waals surface area contributed by atoms with E-state index in [1.54, 1.807) is 0 Å². The van der Waals surface area contributed by atoms with Gasteiger partial charge < -0.3 is 24.1 Å². The lowest BCUT2D eigenvalue weighted by Crippen LogP contribution is -2.41. The summed E-state index contributed by atoms with van der Waals surface area (Å²) in [5, 5.41) is 7.42. The first kappa shape index (κ1) is 25.1. The highest BCUT2D eigenvalue weighted by Gasteiger charge is 2.33. The number of carbonyl (C=O) groups excluding carboxylic acids is 3. The molecule has 0 aromatic heterocycles. The van der Waals surface area contributed by atoms with Crippen molar-refractivity contribution in [1.82, 2.24) is 0 Å². The van der Waals surface area contributed by atoms with Crippen molar-refractivity contribution in [2.24, 2.45) is 0 Å². The topological polar surface area (TPSA) is 125 Å². The Bertz CT molecular complexity index is 405. The molecule has 0 saturated carbocycles. The Morgan fingerprint density at radius 1 is 0.920 bits per heavy atom. The normalized spacial score (nSPS) is 21.3. The summed E-state index contributed by atoms with van der Waals surface area (Å²) in [4.78, 5) is 41.6. The van der Waals surface area contributed by atoms with Crippen LogP contribution in [0.25, 0.3) is 0 Å². The molecular formula is C16H28O9. The van der Waals surface area contributed by atoms with E-state index < -0.39 is 42.4 Å². The highest BCUT2D eigenvalue weighted by molar-refractivity contribution is 5.67. The predicted octanol–water partition coefficient (Wildman–Crippen LogP) is 1.67. The van der Waals surface area contributed by atoms with Gasteiger partial charge in [0.25, 0.3) is 5.97 Å². The van der Waals surface area contributed by atoms with Gasteiger partial charge in [0.05, 0.1) is 6.10 Å². The molecule has 1 aliphatic rings. The fraction of sp³-hybridized carbons (Fsp3) is 0.750. The summed E-state index contributed by atoms with van der Waals surface area (Å²) < 4.78 is 20.3. The van der Waals surface area contributed by atoms with Crippen LogP contribution in [0, 0.1) is 0 Å². The first-order valence-corrected chi connectivity index (χ1v) is 7.93. The molecule has 1 rings (SSSR count). The van der Waals surface area contributed by atoms with Crippen LogP contribution in [-0.2, 0) is 38.1 Å². The Morgan fingerprint density at radius 3 is 1.80 bits per heavy atom. The van der Waals surface area contributed by atoms with E-state index in [9.17, 15) is 14.4 Å². The predicted molar refractivity (Wildman–Crippen MR) is 86.5 cm³/mol. The van der Waals surface area contributed by atoms with Gasteiger partial charge >= 0.3 is 17.9 Å². The maximum atomic E-state index is 11.0. The second-order valence-corrected chi connectivity index (χ2v) is 4.82. The summed E-state index contributed by atoms with van der Waals surface area (Å²) in [5.74, 6) is -2.17. The van der Waals surface area contributed by atoms with Crippen LogP contribution in [0.15, 0.2) is 0 Å². The third-order valence-corrected chi connectivity index (χ3v) is 2.43. The number of carbonyl (C=O) groups is 4. The van der Waals surface area contributed by atoms with Crippen LogP contribution in [0.1, 0.15) is 54.4 Å². The number of aliphatic carboxylic acids is 1. The number of rotatable bonds is 4. The first-order chi connectivity index (χ1) is 11.6. The van der Waals surface area contributed by atoms with E-state index in [0.29, 0.717) is 6.42 Å². The Kier molecular flexibility index (Phi) is 14.3. The van der Waals surface area contributed by atoms with Crippen molar-refractivity contribution in [1.29, 1.82) is 0 Å². The third-order valence-electron chi connectivity index (χ3n) is 2.43. The molecule has 0 aliphatic carbocycles. The molecular weight excluding hydrogens is 336 g/mol. The number of hydrogen-bond donors (Lipinski definition) is 1. The lowest BCUT2D eigenvalue weighted by atomic mass is 10.1. The minimum absolute atomic E-state index is 0.0326. The summed E-state index contributed by atoms with van der Waals surface area (Å²) >= 11 is 0. The van der Waals surface area contributed by atoms with Gasteiger partial charge in [-0.1, -0.05) is 13.8 Å². The van der Waals surface area contributed by atoms with Crippen LogP contribution in [0.3, 0.4) is 0 Å². The Balaban J connectivity index is 0. The molecule has 9 heteroatoms. The minimum atomic E-state index is -0.833. The zero-order valence-corrected chi connectivity index (χ0v) is 15.6. The van der Waals surface area contributed by atoms with Crippen molar-refractivity contribution in [3.05, 3.63) is 0 Å². The Morgan fingerprint density at radius 2 is 1.40 bits per heavy atom. The maximum absolute atomic E-state index is 11.0. The van der Waals surface area contributed by atoms with Gasteiger partial charge in [-0.05, 0) is 0 Å². The second-order valence-electron chi connectivity index (χ2n) is 4.82. The Hall–Kier alpha value is -2.16. The smallest absolute Gasteiger partial charge is 0.304 e. The molecule has 3 atom stereocenters. The van der Waals surface area contributed by atoms with E-state index in [-0.39, 0.29) is 13.0 Å². The van der Waals surface area contributed by atoms with Crippen LogP contribution in [0.5, 0.6) is 0 Å². The molecule has 0 amide bonds. The van der Waals surface area contributed by atoms with E-state index in [1.165, 1.54) is 20.8 Å². The second kappa shape index (κ2) is 14.2. The molecule has 146 valence electrons. The van der Waals surface area contributed by atoms with Gasteiger partial charge in [0.1, 0.15) is 12.7 Å². The number of carboxylic acids is 1. The van der Waals surface area contributed by atoms with E-state index in [0.717, 1.165) is 6.92 Å². The van der Waals surface area contributed by atoms with E-state index >= 15 is 0 Å². The zero-order chi connectivity index (χ0) is 20.0. The summed E-state index contributed by atoms with van der Waals surface area (Å²) in [6.07, 6.45) is -1.01. The van der Waals surface area contributed by atoms with Gasteiger partial charge in [0, 0.05) is 40.5 Å². The van der Waals surface area contributed by atoms with Crippen LogP contribution in [-0.4, -0.2) is 54.1 Å². The highest BCUT2D eigenvalue weighted by Crippen LogP contribution is 2.23. The number of ether oxygens (including phenoxy) is 4. The Labute approximate surface area is 147 Å². The molecule has 1 aliphatic heterocycles. The van der Waals surface area contributed by atoms with Crippen LogP contribution < -0.4 is 0 Å². The van der Waals surface area contributed by atoms with E-state index in [1.807, 2.05) is 13.8 Å². The monoisotopic (exact) mass is 364 g/mol. The van der Waals surface area contributed by atoms with Gasteiger partial charge in [-0.25, -0.2) is 0 Å². The lowest BCUT2D eigenvalue weighted by Gasteiger charge is -2.33. The van der Waals surface area contributed by atoms with Gasteiger partial charge in [0.2, 0.25) is 6.29 Å². The molecule has 0 bridgehead atoms. The summed E-state index contributed by atoms with van der Waals surface area (Å²) in [7, 11) is 0. The fourth-order valence-electron chi connectivity index (χ4n) is 1.84. The van der Waals surface area contributed by atoms with E-state index in [2.05, 4.69) is 0 Å². The molecule has 0 aromatic carbocycles. The third kappa shape index (κ3) is 16.5. The van der Waals surface area contributed by atoms with Crippen LogP contribution in [0.2, 0.25) is 0 Å².